The number of carbonyl (C=O) groups is 1. The first-order valence-electron chi connectivity index (χ1n) is 5.96. The van der Waals surface area contributed by atoms with E-state index < -0.39 is 0 Å². The Morgan fingerprint density at radius 3 is 2.75 bits per heavy atom. The van der Waals surface area contributed by atoms with Crippen LogP contribution < -0.4 is 5.32 Å². The molecule has 0 fully saturated rings. The molecule has 0 aliphatic rings. The number of nitrogens with one attached hydrogen (secondary N) is 1. The van der Waals surface area contributed by atoms with Crippen molar-refractivity contribution < 1.29 is 9.90 Å². The van der Waals surface area contributed by atoms with Gasteiger partial charge >= 0.3 is 0 Å². The van der Waals surface area contributed by atoms with Crippen LogP contribution in [0.5, 0.6) is 0 Å². The number of benzene rings is 2. The number of amides is 1. The van der Waals surface area contributed by atoms with E-state index in [0.29, 0.717) is 21.8 Å². The van der Waals surface area contributed by atoms with Crippen LogP contribution in [-0.4, -0.2) is 17.6 Å². The van der Waals surface area contributed by atoms with E-state index in [1.807, 2.05) is 0 Å². The number of hydrogen-bond acceptors (Lipinski definition) is 2. The van der Waals surface area contributed by atoms with Crippen LogP contribution >= 0.6 is 11.6 Å². The van der Waals surface area contributed by atoms with E-state index in [-0.39, 0.29) is 12.5 Å². The molecule has 2 aromatic carbocycles. The summed E-state index contributed by atoms with van der Waals surface area (Å²) in [5.41, 5.74) is 1.81. The summed E-state index contributed by atoms with van der Waals surface area (Å²) in [6.07, 6.45) is 0. The largest absolute Gasteiger partial charge is 0.384 e. The molecule has 4 heteroatoms. The van der Waals surface area contributed by atoms with Crippen LogP contribution in [0.3, 0.4) is 0 Å². The predicted octanol–water partition coefficient (Wildman–Crippen LogP) is 2.94. The van der Waals surface area contributed by atoms with Crippen molar-refractivity contribution in [2.24, 2.45) is 0 Å². The summed E-state index contributed by atoms with van der Waals surface area (Å²) in [5, 5.41) is 12.0. The van der Waals surface area contributed by atoms with Gasteiger partial charge in [0, 0.05) is 21.8 Å². The highest BCUT2D eigenvalue weighted by atomic mass is 35.5. The van der Waals surface area contributed by atoms with Gasteiger partial charge in [-0.25, -0.2) is 0 Å². The van der Waals surface area contributed by atoms with Crippen molar-refractivity contribution in [3.05, 3.63) is 64.7 Å². The Hall–Kier alpha value is -2.28. The number of halogens is 1. The third-order valence-electron chi connectivity index (χ3n) is 2.52. The fraction of sp³-hybridized carbons (Fsp3) is 0.0625. The van der Waals surface area contributed by atoms with Crippen molar-refractivity contribution in [3.63, 3.8) is 0 Å². The average Bonchev–Trinajstić information content (AvgIpc) is 2.45. The van der Waals surface area contributed by atoms with Crippen LogP contribution in [0.15, 0.2) is 48.5 Å². The first-order valence-corrected chi connectivity index (χ1v) is 6.33. The van der Waals surface area contributed by atoms with Crippen LogP contribution in [0, 0.1) is 11.8 Å². The molecule has 0 aromatic heterocycles. The second-order valence-corrected chi connectivity index (χ2v) is 4.44. The molecule has 0 bridgehead atoms. The van der Waals surface area contributed by atoms with Gasteiger partial charge in [-0.1, -0.05) is 35.6 Å². The van der Waals surface area contributed by atoms with E-state index in [4.69, 9.17) is 16.7 Å². The van der Waals surface area contributed by atoms with Crippen LogP contribution in [0.25, 0.3) is 0 Å². The number of carbonyl (C=O) groups excluding carboxylic acids is 1. The Morgan fingerprint density at radius 2 is 2.00 bits per heavy atom. The van der Waals surface area contributed by atoms with E-state index in [0.717, 1.165) is 0 Å². The molecule has 100 valence electrons. The minimum Gasteiger partial charge on any atom is -0.384 e. The van der Waals surface area contributed by atoms with Gasteiger partial charge in [0.05, 0.1) is 0 Å². The predicted molar refractivity (Wildman–Crippen MR) is 79.8 cm³/mol. The number of hydrogen-bond donors (Lipinski definition) is 2. The molecule has 2 rings (SSSR count). The van der Waals surface area contributed by atoms with Crippen molar-refractivity contribution in [1.82, 2.24) is 0 Å². The first kappa shape index (κ1) is 14.1. The lowest BCUT2D eigenvalue weighted by molar-refractivity contribution is 0.102. The van der Waals surface area contributed by atoms with E-state index in [2.05, 4.69) is 17.2 Å². The smallest absolute Gasteiger partial charge is 0.255 e. The van der Waals surface area contributed by atoms with Crippen molar-refractivity contribution >= 4 is 23.2 Å². The molecule has 0 saturated heterocycles. The molecule has 0 atom stereocenters. The maximum absolute atomic E-state index is 12.1. The van der Waals surface area contributed by atoms with Crippen LogP contribution in [0.4, 0.5) is 5.69 Å². The van der Waals surface area contributed by atoms with Gasteiger partial charge in [-0.3, -0.25) is 4.79 Å². The molecule has 0 spiro atoms. The number of aliphatic hydroxyl groups is 1. The Morgan fingerprint density at radius 1 is 1.20 bits per heavy atom. The molecule has 0 unspecified atom stereocenters. The summed E-state index contributed by atoms with van der Waals surface area (Å²) in [6, 6.07) is 13.8. The molecule has 0 aliphatic heterocycles. The third kappa shape index (κ3) is 3.86. The molecule has 1 amide bonds. The van der Waals surface area contributed by atoms with Gasteiger partial charge in [-0.05, 0) is 36.4 Å². The highest BCUT2D eigenvalue weighted by Gasteiger charge is 2.06. The quantitative estimate of drug-likeness (QED) is 0.834. The molecule has 3 nitrogen and oxygen atoms in total. The van der Waals surface area contributed by atoms with Crippen molar-refractivity contribution in [3.8, 4) is 11.8 Å². The van der Waals surface area contributed by atoms with E-state index in [9.17, 15) is 4.79 Å². The van der Waals surface area contributed by atoms with Gasteiger partial charge in [0.25, 0.3) is 5.91 Å². The van der Waals surface area contributed by atoms with Crippen LogP contribution in [0.1, 0.15) is 15.9 Å². The Bertz CT molecular complexity index is 686. The van der Waals surface area contributed by atoms with Gasteiger partial charge in [-0.2, -0.15) is 0 Å². The normalized spacial score (nSPS) is 9.50. The lowest BCUT2D eigenvalue weighted by Crippen LogP contribution is -2.11. The summed E-state index contributed by atoms with van der Waals surface area (Å²) < 4.78 is 0. The van der Waals surface area contributed by atoms with E-state index >= 15 is 0 Å². The highest BCUT2D eigenvalue weighted by Crippen LogP contribution is 2.16. The second kappa shape index (κ2) is 6.76. The minimum atomic E-state index is -0.236. The SMILES string of the molecule is O=C(Nc1cccc(Cl)c1)c1cccc(C#CCO)c1. The van der Waals surface area contributed by atoms with Gasteiger partial charge in [0.2, 0.25) is 0 Å². The molecule has 2 N–H and O–H groups in total. The average molecular weight is 286 g/mol. The zero-order valence-corrected chi connectivity index (χ0v) is 11.3. The lowest BCUT2D eigenvalue weighted by atomic mass is 10.1. The lowest BCUT2D eigenvalue weighted by Gasteiger charge is -2.05. The third-order valence-corrected chi connectivity index (χ3v) is 2.75. The molecule has 20 heavy (non-hydrogen) atoms. The monoisotopic (exact) mass is 285 g/mol. The van der Waals surface area contributed by atoms with Gasteiger partial charge < -0.3 is 10.4 Å². The van der Waals surface area contributed by atoms with Crippen molar-refractivity contribution in [2.45, 2.75) is 0 Å². The second-order valence-electron chi connectivity index (χ2n) is 4.01. The van der Waals surface area contributed by atoms with Crippen molar-refractivity contribution in [1.29, 1.82) is 0 Å². The maximum Gasteiger partial charge on any atom is 0.255 e. The van der Waals surface area contributed by atoms with Gasteiger partial charge in [0.1, 0.15) is 6.61 Å². The molecular formula is C16H12ClNO2. The Balaban J connectivity index is 2.17. The van der Waals surface area contributed by atoms with E-state index in [1.165, 1.54) is 0 Å². The zero-order chi connectivity index (χ0) is 14.4. The first-order chi connectivity index (χ1) is 9.69. The highest BCUT2D eigenvalue weighted by molar-refractivity contribution is 6.30. The maximum atomic E-state index is 12.1. The van der Waals surface area contributed by atoms with Crippen LogP contribution in [-0.2, 0) is 0 Å². The molecule has 0 aliphatic carbocycles. The Kier molecular flexibility index (Phi) is 4.78. The Labute approximate surface area is 122 Å². The summed E-state index contributed by atoms with van der Waals surface area (Å²) >= 11 is 5.86. The van der Waals surface area contributed by atoms with Crippen molar-refractivity contribution in [2.75, 3.05) is 11.9 Å². The topological polar surface area (TPSA) is 49.3 Å². The fourth-order valence-corrected chi connectivity index (χ4v) is 1.84. The molecule has 0 saturated carbocycles. The summed E-state index contributed by atoms with van der Waals surface area (Å²) in [4.78, 5) is 12.1. The number of aliphatic hydroxyl groups excluding tert-OH is 1. The molecule has 2 aromatic rings. The molecular weight excluding hydrogens is 274 g/mol. The molecule has 0 heterocycles. The summed E-state index contributed by atoms with van der Waals surface area (Å²) in [6.45, 7) is -0.209. The summed E-state index contributed by atoms with van der Waals surface area (Å²) in [7, 11) is 0. The fourth-order valence-electron chi connectivity index (χ4n) is 1.65. The molecule has 0 radical (unpaired) electrons. The number of anilines is 1. The summed E-state index contributed by atoms with van der Waals surface area (Å²) in [5.74, 6) is 5.07. The minimum absolute atomic E-state index is 0.209. The van der Waals surface area contributed by atoms with E-state index in [1.54, 1.807) is 48.5 Å². The standard InChI is InChI=1S/C16H12ClNO2/c17-14-7-2-8-15(11-14)18-16(20)13-6-1-4-12(10-13)5-3-9-19/h1-2,4,6-8,10-11,19H,9H2,(H,18,20). The number of rotatable bonds is 2. The van der Waals surface area contributed by atoms with Gasteiger partial charge in [-0.15, -0.1) is 0 Å². The van der Waals surface area contributed by atoms with Crippen LogP contribution in [0.2, 0.25) is 5.02 Å². The van der Waals surface area contributed by atoms with Gasteiger partial charge in [0.15, 0.2) is 0 Å². The zero-order valence-electron chi connectivity index (χ0n) is 10.6.